The minimum absolute atomic E-state index is 0.280. The number of thioether (sulfide) groups is 1. The summed E-state index contributed by atoms with van der Waals surface area (Å²) in [4.78, 5) is 5.10. The monoisotopic (exact) mass is 339 g/mol. The summed E-state index contributed by atoms with van der Waals surface area (Å²) >= 11 is 1.01. The van der Waals surface area contributed by atoms with Gasteiger partial charge in [0, 0.05) is 6.42 Å². The van der Waals surface area contributed by atoms with Crippen LogP contribution in [-0.4, -0.2) is 23.7 Å². The zero-order valence-electron chi connectivity index (χ0n) is 12.0. The Kier molecular flexibility index (Phi) is 4.74. The molecule has 1 heterocycles. The number of hydrogen-bond donors (Lipinski definition) is 0. The Morgan fingerprint density at radius 1 is 1.09 bits per heavy atom. The van der Waals surface area contributed by atoms with E-state index in [4.69, 9.17) is 9.57 Å². The fourth-order valence-corrected chi connectivity index (χ4v) is 2.59. The van der Waals surface area contributed by atoms with E-state index < -0.39 is 40.4 Å². The Balaban J connectivity index is 2.08. The van der Waals surface area contributed by atoms with Crippen molar-refractivity contribution >= 4 is 16.8 Å². The van der Waals surface area contributed by atoms with Crippen LogP contribution in [0.3, 0.4) is 0 Å². The fraction of sp³-hybridized carbons (Fsp3) is 0.462. The highest BCUT2D eigenvalue weighted by Crippen LogP contribution is 2.35. The van der Waals surface area contributed by atoms with Gasteiger partial charge in [0.2, 0.25) is 23.3 Å². The lowest BCUT2D eigenvalue weighted by molar-refractivity contribution is 0.0123. The van der Waals surface area contributed by atoms with Crippen LogP contribution in [0.1, 0.15) is 20.3 Å². The molecule has 0 spiro atoms. The third-order valence-corrected chi connectivity index (χ3v) is 3.58. The van der Waals surface area contributed by atoms with Gasteiger partial charge < -0.3 is 14.3 Å². The number of methoxy groups -OCH3 is 1. The first kappa shape index (κ1) is 16.7. The van der Waals surface area contributed by atoms with Crippen molar-refractivity contribution < 1.29 is 31.9 Å². The second-order valence-electron chi connectivity index (χ2n) is 5.04. The van der Waals surface area contributed by atoms with E-state index in [-0.39, 0.29) is 5.94 Å². The van der Waals surface area contributed by atoms with Crippen LogP contribution >= 0.6 is 11.8 Å². The average Bonchev–Trinajstić information content (AvgIpc) is 2.80. The summed E-state index contributed by atoms with van der Waals surface area (Å²) in [6.07, 6.45) is 0.497. The van der Waals surface area contributed by atoms with E-state index in [0.717, 1.165) is 18.9 Å². The van der Waals surface area contributed by atoms with E-state index in [0.29, 0.717) is 11.5 Å². The van der Waals surface area contributed by atoms with Gasteiger partial charge in [-0.05, 0) is 13.8 Å². The van der Waals surface area contributed by atoms with Crippen molar-refractivity contribution in [2.24, 2.45) is 5.16 Å². The van der Waals surface area contributed by atoms with Crippen LogP contribution in [0.25, 0.3) is 0 Å². The molecule has 122 valence electrons. The highest BCUT2D eigenvalue weighted by atomic mass is 32.2. The summed E-state index contributed by atoms with van der Waals surface area (Å²) in [5.41, 5.74) is -0.461. The van der Waals surface area contributed by atoms with Gasteiger partial charge in [-0.25, -0.2) is 0 Å². The summed E-state index contributed by atoms with van der Waals surface area (Å²) in [5.74, 6) is -9.15. The maximum Gasteiger partial charge on any atom is 0.207 e. The normalized spacial score (nSPS) is 16.2. The van der Waals surface area contributed by atoms with Crippen molar-refractivity contribution in [2.75, 3.05) is 13.0 Å². The summed E-state index contributed by atoms with van der Waals surface area (Å²) in [7, 11) is 0.900. The van der Waals surface area contributed by atoms with Crippen LogP contribution in [0.15, 0.2) is 5.16 Å². The zero-order chi connectivity index (χ0) is 16.5. The van der Waals surface area contributed by atoms with E-state index in [1.807, 2.05) is 13.8 Å². The minimum Gasteiger partial charge on any atom is -0.491 e. The molecule has 0 atom stereocenters. The topological polar surface area (TPSA) is 40.0 Å². The summed E-state index contributed by atoms with van der Waals surface area (Å²) in [6.45, 7) is 3.64. The smallest absolute Gasteiger partial charge is 0.207 e. The van der Waals surface area contributed by atoms with Gasteiger partial charge >= 0.3 is 0 Å². The fourth-order valence-electron chi connectivity index (χ4n) is 1.73. The van der Waals surface area contributed by atoms with Crippen molar-refractivity contribution in [3.8, 4) is 11.5 Å². The molecule has 1 aromatic rings. The van der Waals surface area contributed by atoms with E-state index >= 15 is 0 Å². The molecule has 1 aliphatic rings. The van der Waals surface area contributed by atoms with Crippen molar-refractivity contribution in [2.45, 2.75) is 25.9 Å². The maximum absolute atomic E-state index is 13.7. The maximum atomic E-state index is 13.7. The van der Waals surface area contributed by atoms with Gasteiger partial charge in [-0.1, -0.05) is 16.9 Å². The Hall–Kier alpha value is -1.64. The number of halogens is 4. The number of benzene rings is 1. The zero-order valence-corrected chi connectivity index (χ0v) is 12.8. The molecular formula is C13H13F4NO3S. The van der Waals surface area contributed by atoms with Crippen LogP contribution in [0.2, 0.25) is 0 Å². The molecule has 9 heteroatoms. The van der Waals surface area contributed by atoms with Gasteiger partial charge in [-0.15, -0.1) is 0 Å². The minimum atomic E-state index is -1.65. The molecule has 4 nitrogen and oxygen atoms in total. The summed E-state index contributed by atoms with van der Waals surface area (Å²) in [5, 5.41) is 4.33. The highest BCUT2D eigenvalue weighted by Gasteiger charge is 2.30. The Labute approximate surface area is 128 Å². The van der Waals surface area contributed by atoms with Gasteiger partial charge in [-0.3, -0.25) is 0 Å². The first-order valence-corrected chi connectivity index (χ1v) is 7.16. The molecule has 0 bridgehead atoms. The number of rotatable bonds is 4. The molecular weight excluding hydrogens is 326 g/mol. The molecule has 1 aliphatic heterocycles. The first-order chi connectivity index (χ1) is 10.3. The van der Waals surface area contributed by atoms with Gasteiger partial charge in [0.15, 0.2) is 11.5 Å². The lowest BCUT2D eigenvalue weighted by atomic mass is 10.1. The Morgan fingerprint density at radius 3 is 2.09 bits per heavy atom. The first-order valence-electron chi connectivity index (χ1n) is 6.17. The summed E-state index contributed by atoms with van der Waals surface area (Å²) < 4.78 is 63.4. The molecule has 1 aromatic carbocycles. The van der Waals surface area contributed by atoms with Crippen LogP contribution in [0.4, 0.5) is 17.6 Å². The van der Waals surface area contributed by atoms with E-state index in [1.165, 1.54) is 0 Å². The largest absolute Gasteiger partial charge is 0.491 e. The Morgan fingerprint density at radius 2 is 1.64 bits per heavy atom. The van der Waals surface area contributed by atoms with Crippen LogP contribution in [0.5, 0.6) is 11.5 Å². The van der Waals surface area contributed by atoms with Crippen LogP contribution < -0.4 is 9.47 Å². The number of nitrogens with zero attached hydrogens (tertiary/aromatic N) is 1. The van der Waals surface area contributed by atoms with E-state index in [2.05, 4.69) is 9.89 Å². The number of ether oxygens (including phenoxy) is 2. The molecule has 0 fully saturated rings. The number of oxime groups is 1. The van der Waals surface area contributed by atoms with Crippen LogP contribution in [0, 0.1) is 23.3 Å². The second-order valence-corrected chi connectivity index (χ2v) is 6.03. The molecule has 0 unspecified atom stereocenters. The molecule has 0 N–H and O–H groups in total. The molecule has 0 aliphatic carbocycles. The molecule has 0 amide bonds. The molecule has 0 aromatic heterocycles. The van der Waals surface area contributed by atoms with Gasteiger partial charge in [-0.2, -0.15) is 17.6 Å². The third kappa shape index (κ3) is 3.23. The predicted molar refractivity (Wildman–Crippen MR) is 73.1 cm³/mol. The van der Waals surface area contributed by atoms with Crippen molar-refractivity contribution in [1.82, 2.24) is 0 Å². The van der Waals surface area contributed by atoms with Crippen LogP contribution in [-0.2, 0) is 4.84 Å². The standard InChI is InChI=1S/C13H13F4NO3S/c1-13(2)4-6(18-21-13)22-5-20-12-9(16)7(14)11(19-3)8(15)10(12)17/h4-5H2,1-3H3. The summed E-state index contributed by atoms with van der Waals surface area (Å²) in [6, 6.07) is 0. The molecule has 0 saturated carbocycles. The molecule has 0 saturated heterocycles. The number of hydrogen-bond acceptors (Lipinski definition) is 5. The third-order valence-electron chi connectivity index (χ3n) is 2.79. The van der Waals surface area contributed by atoms with Gasteiger partial charge in [0.1, 0.15) is 16.6 Å². The molecule has 22 heavy (non-hydrogen) atoms. The van der Waals surface area contributed by atoms with Gasteiger partial charge in [0.25, 0.3) is 0 Å². The second kappa shape index (κ2) is 6.23. The SMILES string of the molecule is COc1c(F)c(F)c(OCSC2=NOC(C)(C)C2)c(F)c1F. The average molecular weight is 339 g/mol. The quantitative estimate of drug-likeness (QED) is 0.475. The molecule has 2 rings (SSSR count). The lowest BCUT2D eigenvalue weighted by Gasteiger charge is -2.13. The van der Waals surface area contributed by atoms with Crippen molar-refractivity contribution in [3.05, 3.63) is 23.3 Å². The lowest BCUT2D eigenvalue weighted by Crippen LogP contribution is -2.18. The predicted octanol–water partition coefficient (Wildman–Crippen LogP) is 3.83. The molecule has 0 radical (unpaired) electrons. The highest BCUT2D eigenvalue weighted by molar-refractivity contribution is 8.13. The van der Waals surface area contributed by atoms with E-state index in [9.17, 15) is 17.6 Å². The van der Waals surface area contributed by atoms with Crippen molar-refractivity contribution in [1.29, 1.82) is 0 Å². The van der Waals surface area contributed by atoms with Crippen molar-refractivity contribution in [3.63, 3.8) is 0 Å². The van der Waals surface area contributed by atoms with E-state index in [1.54, 1.807) is 0 Å². The Bertz CT molecular complexity index is 593. The van der Waals surface area contributed by atoms with Gasteiger partial charge in [0.05, 0.1) is 7.11 Å².